The van der Waals surface area contributed by atoms with Crippen molar-refractivity contribution in [2.24, 2.45) is 0 Å². The van der Waals surface area contributed by atoms with Crippen molar-refractivity contribution in [2.75, 3.05) is 13.2 Å². The third-order valence-corrected chi connectivity index (χ3v) is 3.56. The zero-order valence-corrected chi connectivity index (χ0v) is 13.0. The van der Waals surface area contributed by atoms with Crippen molar-refractivity contribution in [2.45, 2.75) is 0 Å². The highest BCUT2D eigenvalue weighted by atomic mass is 16.5. The Balaban J connectivity index is 1.57. The van der Waals surface area contributed by atoms with Crippen LogP contribution in [0.2, 0.25) is 0 Å². The maximum Gasteiger partial charge on any atom is 0.253 e. The fourth-order valence-electron chi connectivity index (χ4n) is 2.39. The molecule has 0 saturated carbocycles. The van der Waals surface area contributed by atoms with Gasteiger partial charge in [-0.2, -0.15) is 0 Å². The molecule has 0 radical (unpaired) electrons. The lowest BCUT2D eigenvalue weighted by molar-refractivity contribution is 0.0946. The molecule has 0 fully saturated rings. The van der Waals surface area contributed by atoms with E-state index in [4.69, 9.17) is 11.2 Å². The quantitative estimate of drug-likeness (QED) is 0.581. The van der Waals surface area contributed by atoms with Gasteiger partial charge in [-0.1, -0.05) is 42.3 Å². The fourth-order valence-corrected chi connectivity index (χ4v) is 2.39. The normalized spacial score (nSPS) is 10.1. The summed E-state index contributed by atoms with van der Waals surface area (Å²) >= 11 is 0. The number of pyridine rings is 1. The number of amides is 1. The number of carbonyl (C=O) groups is 1. The Morgan fingerprint density at radius 3 is 2.88 bits per heavy atom. The van der Waals surface area contributed by atoms with Crippen molar-refractivity contribution >= 4 is 16.7 Å². The van der Waals surface area contributed by atoms with Crippen LogP contribution in [0.5, 0.6) is 5.75 Å². The Bertz CT molecular complexity index is 907. The average Bonchev–Trinajstić information content (AvgIpc) is 2.65. The van der Waals surface area contributed by atoms with Gasteiger partial charge in [0.05, 0.1) is 12.1 Å². The van der Waals surface area contributed by atoms with Crippen LogP contribution in [0, 0.1) is 12.3 Å². The van der Waals surface area contributed by atoms with Crippen LogP contribution in [0.3, 0.4) is 0 Å². The minimum Gasteiger partial charge on any atom is -0.491 e. The van der Waals surface area contributed by atoms with Crippen molar-refractivity contribution in [1.82, 2.24) is 10.3 Å². The summed E-state index contributed by atoms with van der Waals surface area (Å²) in [4.78, 5) is 16.0. The SMILES string of the molecule is C#Cc1cncc(C(=O)NCCOc2cccc3ccccc23)c1. The highest BCUT2D eigenvalue weighted by Gasteiger charge is 2.06. The van der Waals surface area contributed by atoms with E-state index in [0.717, 1.165) is 16.5 Å². The van der Waals surface area contributed by atoms with Gasteiger partial charge >= 0.3 is 0 Å². The molecule has 3 aromatic rings. The molecule has 0 aliphatic carbocycles. The highest BCUT2D eigenvalue weighted by molar-refractivity contribution is 5.94. The third-order valence-electron chi connectivity index (χ3n) is 3.56. The van der Waals surface area contributed by atoms with Gasteiger partial charge in [0, 0.05) is 23.3 Å². The maximum absolute atomic E-state index is 12.1. The molecule has 24 heavy (non-hydrogen) atoms. The largest absolute Gasteiger partial charge is 0.491 e. The van der Waals surface area contributed by atoms with E-state index in [2.05, 4.69) is 16.2 Å². The van der Waals surface area contributed by atoms with Crippen molar-refractivity contribution in [3.8, 4) is 18.1 Å². The number of hydrogen-bond acceptors (Lipinski definition) is 3. The first-order valence-electron chi connectivity index (χ1n) is 7.58. The van der Waals surface area contributed by atoms with Gasteiger partial charge in [-0.25, -0.2) is 0 Å². The molecule has 0 aliphatic rings. The zero-order valence-electron chi connectivity index (χ0n) is 13.0. The van der Waals surface area contributed by atoms with Crippen LogP contribution in [-0.4, -0.2) is 24.0 Å². The summed E-state index contributed by atoms with van der Waals surface area (Å²) in [6.07, 6.45) is 8.34. The van der Waals surface area contributed by atoms with Crippen LogP contribution >= 0.6 is 0 Å². The van der Waals surface area contributed by atoms with Crippen LogP contribution in [0.4, 0.5) is 0 Å². The van der Waals surface area contributed by atoms with Gasteiger partial charge in [-0.3, -0.25) is 9.78 Å². The monoisotopic (exact) mass is 316 g/mol. The topological polar surface area (TPSA) is 51.2 Å². The summed E-state index contributed by atoms with van der Waals surface area (Å²) in [5.41, 5.74) is 1.02. The molecule has 0 spiro atoms. The van der Waals surface area contributed by atoms with E-state index in [1.54, 1.807) is 12.3 Å². The first-order chi connectivity index (χ1) is 11.8. The molecule has 1 aromatic heterocycles. The number of aromatic nitrogens is 1. The zero-order chi connectivity index (χ0) is 16.8. The van der Waals surface area contributed by atoms with E-state index in [9.17, 15) is 4.79 Å². The Kier molecular flexibility index (Phi) is 4.73. The van der Waals surface area contributed by atoms with E-state index in [1.807, 2.05) is 42.5 Å². The Labute approximate surface area is 140 Å². The number of fused-ring (bicyclic) bond motifs is 1. The van der Waals surface area contributed by atoms with E-state index in [1.165, 1.54) is 6.20 Å². The summed E-state index contributed by atoms with van der Waals surface area (Å²) in [5.74, 6) is 3.04. The average molecular weight is 316 g/mol. The van der Waals surface area contributed by atoms with Crippen LogP contribution in [-0.2, 0) is 0 Å². The number of ether oxygens (including phenoxy) is 1. The lowest BCUT2D eigenvalue weighted by atomic mass is 10.1. The van der Waals surface area contributed by atoms with Crippen LogP contribution in [0.1, 0.15) is 15.9 Å². The molecular weight excluding hydrogens is 300 g/mol. The molecule has 0 aliphatic heterocycles. The van der Waals surface area contributed by atoms with E-state index < -0.39 is 0 Å². The van der Waals surface area contributed by atoms with Crippen LogP contribution < -0.4 is 10.1 Å². The molecule has 0 bridgehead atoms. The van der Waals surface area contributed by atoms with Gasteiger partial charge in [-0.05, 0) is 17.5 Å². The second-order valence-electron chi connectivity index (χ2n) is 5.19. The Morgan fingerprint density at radius 1 is 1.17 bits per heavy atom. The number of nitrogens with one attached hydrogen (secondary N) is 1. The Hall–Kier alpha value is -3.32. The molecule has 118 valence electrons. The summed E-state index contributed by atoms with van der Waals surface area (Å²) in [7, 11) is 0. The maximum atomic E-state index is 12.1. The number of hydrogen-bond donors (Lipinski definition) is 1. The summed E-state index contributed by atoms with van der Waals surface area (Å²) in [5, 5.41) is 4.97. The van der Waals surface area contributed by atoms with Crippen molar-refractivity contribution in [1.29, 1.82) is 0 Å². The van der Waals surface area contributed by atoms with Gasteiger partial charge < -0.3 is 10.1 Å². The van der Waals surface area contributed by atoms with E-state index >= 15 is 0 Å². The molecule has 0 atom stereocenters. The summed E-state index contributed by atoms with van der Waals surface area (Å²) in [6, 6.07) is 15.6. The Morgan fingerprint density at radius 2 is 2.00 bits per heavy atom. The standard InChI is InChI=1S/C20H16N2O2/c1-2-15-12-17(14-21-13-15)20(23)22-10-11-24-19-9-5-7-16-6-3-4-8-18(16)19/h1,3-9,12-14H,10-11H2,(H,22,23). The van der Waals surface area contributed by atoms with Gasteiger partial charge in [0.1, 0.15) is 12.4 Å². The van der Waals surface area contributed by atoms with Crippen molar-refractivity contribution < 1.29 is 9.53 Å². The number of rotatable bonds is 5. The second kappa shape index (κ2) is 7.30. The van der Waals surface area contributed by atoms with E-state index in [-0.39, 0.29) is 5.91 Å². The fraction of sp³-hybridized carbons (Fsp3) is 0.100. The van der Waals surface area contributed by atoms with Gasteiger partial charge in [-0.15, -0.1) is 6.42 Å². The molecular formula is C20H16N2O2. The molecule has 1 N–H and O–H groups in total. The molecule has 0 unspecified atom stereocenters. The number of nitrogens with zero attached hydrogens (tertiary/aromatic N) is 1. The first-order valence-corrected chi connectivity index (χ1v) is 7.58. The minimum absolute atomic E-state index is 0.221. The summed E-state index contributed by atoms with van der Waals surface area (Å²) < 4.78 is 5.79. The predicted molar refractivity (Wildman–Crippen MR) is 93.9 cm³/mol. The molecule has 2 aromatic carbocycles. The van der Waals surface area contributed by atoms with E-state index in [0.29, 0.717) is 24.3 Å². The smallest absolute Gasteiger partial charge is 0.253 e. The lowest BCUT2D eigenvalue weighted by Gasteiger charge is -2.10. The van der Waals surface area contributed by atoms with Crippen LogP contribution in [0.25, 0.3) is 10.8 Å². The molecule has 4 nitrogen and oxygen atoms in total. The van der Waals surface area contributed by atoms with Crippen LogP contribution in [0.15, 0.2) is 60.9 Å². The molecule has 0 saturated heterocycles. The predicted octanol–water partition coefficient (Wildman–Crippen LogP) is 3.02. The van der Waals surface area contributed by atoms with Crippen molar-refractivity contribution in [3.63, 3.8) is 0 Å². The molecule has 1 heterocycles. The second-order valence-corrected chi connectivity index (χ2v) is 5.19. The van der Waals surface area contributed by atoms with Gasteiger partial charge in [0.25, 0.3) is 5.91 Å². The summed E-state index contributed by atoms with van der Waals surface area (Å²) in [6.45, 7) is 0.768. The highest BCUT2D eigenvalue weighted by Crippen LogP contribution is 2.24. The first kappa shape index (κ1) is 15.6. The molecule has 3 rings (SSSR count). The minimum atomic E-state index is -0.221. The number of carbonyl (C=O) groups excluding carboxylic acids is 1. The third kappa shape index (κ3) is 3.53. The lowest BCUT2D eigenvalue weighted by Crippen LogP contribution is -2.28. The number of terminal acetylenes is 1. The van der Waals surface area contributed by atoms with Gasteiger partial charge in [0.15, 0.2) is 0 Å². The molecule has 1 amide bonds. The van der Waals surface area contributed by atoms with Gasteiger partial charge in [0.2, 0.25) is 0 Å². The van der Waals surface area contributed by atoms with Crippen molar-refractivity contribution in [3.05, 3.63) is 72.1 Å². The molecule has 4 heteroatoms. The number of benzene rings is 2.